The smallest absolute Gasteiger partial charge is 0.214 e. The minimum Gasteiger partial charge on any atom is -0.326 e. The van der Waals surface area contributed by atoms with Crippen molar-refractivity contribution in [1.82, 2.24) is 4.72 Å². The summed E-state index contributed by atoms with van der Waals surface area (Å²) in [5.74, 6) is 0. The highest BCUT2D eigenvalue weighted by Crippen LogP contribution is 2.18. The lowest BCUT2D eigenvalue weighted by molar-refractivity contribution is 0.517. The standard InChI is InChI=1S/C8H18N2O2S/c1-6(2)13(11,12)10-8-5-3-4-7(8)9/h6-8,10H,3-5,9H2,1-2H3. The number of nitrogens with two attached hydrogens (primary N) is 1. The van der Waals surface area contributed by atoms with E-state index < -0.39 is 10.0 Å². The van der Waals surface area contributed by atoms with Gasteiger partial charge < -0.3 is 5.73 Å². The van der Waals surface area contributed by atoms with Crippen molar-refractivity contribution < 1.29 is 8.42 Å². The molecule has 78 valence electrons. The number of rotatable bonds is 3. The van der Waals surface area contributed by atoms with Gasteiger partial charge in [-0.3, -0.25) is 0 Å². The average Bonchev–Trinajstić information content (AvgIpc) is 2.35. The summed E-state index contributed by atoms with van der Waals surface area (Å²) >= 11 is 0. The van der Waals surface area contributed by atoms with Crippen LogP contribution >= 0.6 is 0 Å². The van der Waals surface area contributed by atoms with Gasteiger partial charge in [0.15, 0.2) is 0 Å². The van der Waals surface area contributed by atoms with E-state index >= 15 is 0 Å². The van der Waals surface area contributed by atoms with Crippen LogP contribution in [-0.4, -0.2) is 25.8 Å². The second-order valence-corrected chi connectivity index (χ2v) is 6.18. The molecule has 0 heterocycles. The van der Waals surface area contributed by atoms with Gasteiger partial charge in [0.05, 0.1) is 5.25 Å². The Morgan fingerprint density at radius 1 is 1.38 bits per heavy atom. The summed E-state index contributed by atoms with van der Waals surface area (Å²) in [5, 5.41) is -0.375. The van der Waals surface area contributed by atoms with Crippen LogP contribution in [-0.2, 0) is 10.0 Å². The summed E-state index contributed by atoms with van der Waals surface area (Å²) in [4.78, 5) is 0. The molecule has 0 bridgehead atoms. The lowest BCUT2D eigenvalue weighted by Gasteiger charge is -2.18. The Balaban J connectivity index is 2.58. The van der Waals surface area contributed by atoms with Gasteiger partial charge in [-0.1, -0.05) is 6.42 Å². The number of hydrogen-bond donors (Lipinski definition) is 2. The SMILES string of the molecule is CC(C)S(=O)(=O)NC1CCCC1N. The van der Waals surface area contributed by atoms with Crippen molar-refractivity contribution in [2.75, 3.05) is 0 Å². The fraction of sp³-hybridized carbons (Fsp3) is 1.00. The third kappa shape index (κ3) is 2.65. The van der Waals surface area contributed by atoms with Gasteiger partial charge in [-0.15, -0.1) is 0 Å². The van der Waals surface area contributed by atoms with E-state index in [1.165, 1.54) is 0 Å². The van der Waals surface area contributed by atoms with Crippen molar-refractivity contribution in [2.45, 2.75) is 50.4 Å². The molecule has 1 aliphatic rings. The summed E-state index contributed by atoms with van der Waals surface area (Å²) in [7, 11) is -3.14. The molecule has 0 aromatic heterocycles. The van der Waals surface area contributed by atoms with Crippen LogP contribution in [0.2, 0.25) is 0 Å². The second-order valence-electron chi connectivity index (χ2n) is 3.91. The first-order chi connectivity index (χ1) is 5.93. The first-order valence-electron chi connectivity index (χ1n) is 4.70. The molecule has 1 saturated carbocycles. The molecule has 0 saturated heterocycles. The maximum Gasteiger partial charge on any atom is 0.214 e. The van der Waals surface area contributed by atoms with Gasteiger partial charge in [-0.25, -0.2) is 13.1 Å². The summed E-state index contributed by atoms with van der Waals surface area (Å²) in [6, 6.07) is -0.0547. The maximum absolute atomic E-state index is 11.5. The zero-order chi connectivity index (χ0) is 10.1. The minimum atomic E-state index is -3.14. The molecule has 1 fully saturated rings. The van der Waals surface area contributed by atoms with Crippen molar-refractivity contribution in [3.63, 3.8) is 0 Å². The van der Waals surface area contributed by atoms with Crippen LogP contribution in [0, 0.1) is 0 Å². The molecule has 0 aliphatic heterocycles. The summed E-state index contributed by atoms with van der Waals surface area (Å²) < 4.78 is 25.6. The molecule has 0 spiro atoms. The zero-order valence-corrected chi connectivity index (χ0v) is 8.97. The summed E-state index contributed by atoms with van der Waals surface area (Å²) in [6.45, 7) is 3.34. The quantitative estimate of drug-likeness (QED) is 0.692. The van der Waals surface area contributed by atoms with Gasteiger partial charge >= 0.3 is 0 Å². The molecule has 0 amide bonds. The van der Waals surface area contributed by atoms with Gasteiger partial charge in [-0.2, -0.15) is 0 Å². The second kappa shape index (κ2) is 3.94. The van der Waals surface area contributed by atoms with E-state index in [2.05, 4.69) is 4.72 Å². The molecule has 5 heteroatoms. The van der Waals surface area contributed by atoms with Crippen molar-refractivity contribution in [3.05, 3.63) is 0 Å². The topological polar surface area (TPSA) is 72.2 Å². The Bertz CT molecular complexity index is 261. The monoisotopic (exact) mass is 206 g/mol. The molecule has 0 aromatic rings. The van der Waals surface area contributed by atoms with E-state index in [9.17, 15) is 8.42 Å². The zero-order valence-electron chi connectivity index (χ0n) is 8.16. The van der Waals surface area contributed by atoms with E-state index in [0.29, 0.717) is 0 Å². The maximum atomic E-state index is 11.5. The van der Waals surface area contributed by atoms with E-state index in [0.717, 1.165) is 19.3 Å². The first-order valence-corrected chi connectivity index (χ1v) is 6.25. The highest BCUT2D eigenvalue weighted by molar-refractivity contribution is 7.90. The van der Waals surface area contributed by atoms with E-state index in [1.54, 1.807) is 13.8 Å². The predicted octanol–water partition coefficient (Wildman–Crippen LogP) is 0.194. The Hall–Kier alpha value is -0.130. The third-order valence-corrected chi connectivity index (χ3v) is 4.38. The van der Waals surface area contributed by atoms with Crippen molar-refractivity contribution >= 4 is 10.0 Å². The lowest BCUT2D eigenvalue weighted by atomic mass is 10.2. The fourth-order valence-corrected chi connectivity index (χ4v) is 2.47. The molecule has 0 radical (unpaired) electrons. The van der Waals surface area contributed by atoms with Crippen LogP contribution < -0.4 is 10.5 Å². The van der Waals surface area contributed by atoms with Crippen LogP contribution in [0.1, 0.15) is 33.1 Å². The number of hydrogen-bond acceptors (Lipinski definition) is 3. The molecular weight excluding hydrogens is 188 g/mol. The Morgan fingerprint density at radius 3 is 2.38 bits per heavy atom. The normalized spacial score (nSPS) is 29.8. The minimum absolute atomic E-state index is 0.00600. The Labute approximate surface area is 79.9 Å². The molecule has 0 aromatic carbocycles. The van der Waals surface area contributed by atoms with E-state index in [4.69, 9.17) is 5.73 Å². The van der Waals surface area contributed by atoms with Crippen LogP contribution in [0.15, 0.2) is 0 Å². The van der Waals surface area contributed by atoms with Gasteiger partial charge in [0.25, 0.3) is 0 Å². The Kier molecular flexibility index (Phi) is 3.32. The number of sulfonamides is 1. The molecule has 1 aliphatic carbocycles. The average molecular weight is 206 g/mol. The highest BCUT2D eigenvalue weighted by Gasteiger charge is 2.29. The van der Waals surface area contributed by atoms with Crippen molar-refractivity contribution in [2.24, 2.45) is 5.73 Å². The summed E-state index contributed by atoms with van der Waals surface area (Å²) in [5.41, 5.74) is 5.76. The molecule has 2 atom stereocenters. The van der Waals surface area contributed by atoms with Gasteiger partial charge in [0.2, 0.25) is 10.0 Å². The molecule has 1 rings (SSSR count). The number of nitrogens with one attached hydrogen (secondary N) is 1. The summed E-state index contributed by atoms with van der Waals surface area (Å²) in [6.07, 6.45) is 2.81. The first kappa shape index (κ1) is 10.9. The van der Waals surface area contributed by atoms with Gasteiger partial charge in [0, 0.05) is 12.1 Å². The van der Waals surface area contributed by atoms with Crippen molar-refractivity contribution in [1.29, 1.82) is 0 Å². The van der Waals surface area contributed by atoms with E-state index in [1.807, 2.05) is 0 Å². The van der Waals surface area contributed by atoms with E-state index in [-0.39, 0.29) is 17.3 Å². The molecule has 13 heavy (non-hydrogen) atoms. The Morgan fingerprint density at radius 2 is 2.00 bits per heavy atom. The molecule has 3 N–H and O–H groups in total. The van der Waals surface area contributed by atoms with Crippen molar-refractivity contribution in [3.8, 4) is 0 Å². The fourth-order valence-electron chi connectivity index (χ4n) is 1.48. The van der Waals surface area contributed by atoms with Crippen LogP contribution in [0.25, 0.3) is 0 Å². The van der Waals surface area contributed by atoms with Gasteiger partial charge in [0.1, 0.15) is 0 Å². The molecular formula is C8H18N2O2S. The van der Waals surface area contributed by atoms with Crippen LogP contribution in [0.5, 0.6) is 0 Å². The predicted molar refractivity (Wildman–Crippen MR) is 52.8 cm³/mol. The highest BCUT2D eigenvalue weighted by atomic mass is 32.2. The third-order valence-electron chi connectivity index (χ3n) is 2.51. The lowest BCUT2D eigenvalue weighted by Crippen LogP contribution is -2.46. The van der Waals surface area contributed by atoms with Crippen LogP contribution in [0.4, 0.5) is 0 Å². The van der Waals surface area contributed by atoms with Crippen LogP contribution in [0.3, 0.4) is 0 Å². The largest absolute Gasteiger partial charge is 0.326 e. The van der Waals surface area contributed by atoms with Gasteiger partial charge in [-0.05, 0) is 26.7 Å². The molecule has 4 nitrogen and oxygen atoms in total. The molecule has 2 unspecified atom stereocenters.